The molecular weight excluding hydrogens is 360 g/mol. The molecule has 152 valence electrons. The van der Waals surface area contributed by atoms with E-state index in [9.17, 15) is 14.4 Å². The highest BCUT2D eigenvalue weighted by molar-refractivity contribution is 5.91. The number of aromatic nitrogens is 1. The number of carboxylic acid groups (broad SMARTS) is 2. The summed E-state index contributed by atoms with van der Waals surface area (Å²) in [5, 5.41) is 32.5. The van der Waals surface area contributed by atoms with E-state index in [1.807, 2.05) is 27.7 Å². The number of aliphatic hydroxyl groups is 2. The first-order valence-corrected chi connectivity index (χ1v) is 8.07. The third-order valence-corrected chi connectivity index (χ3v) is 3.05. The van der Waals surface area contributed by atoms with Crippen molar-refractivity contribution in [3.63, 3.8) is 0 Å². The van der Waals surface area contributed by atoms with Crippen LogP contribution in [-0.2, 0) is 14.3 Å². The maximum atomic E-state index is 12.0. The fourth-order valence-electron chi connectivity index (χ4n) is 1.68. The summed E-state index contributed by atoms with van der Waals surface area (Å²) in [4.78, 5) is 35.7. The van der Waals surface area contributed by atoms with Crippen LogP contribution in [0.2, 0.25) is 0 Å². The first kappa shape index (κ1) is 24.4. The maximum absolute atomic E-state index is 12.0. The van der Waals surface area contributed by atoms with Crippen molar-refractivity contribution in [2.75, 3.05) is 0 Å². The Bertz CT molecular complexity index is 639. The zero-order chi connectivity index (χ0) is 21.4. The highest BCUT2D eigenvalue weighted by Crippen LogP contribution is 2.19. The number of hydrogen-bond acceptors (Lipinski definition) is 8. The SMILES string of the molecule is CCC(N)c1ncccc1C(=O)OC(C)(C)C.O=C(O)C(O)C(O)C(=O)O. The van der Waals surface area contributed by atoms with Crippen LogP contribution in [0.4, 0.5) is 0 Å². The summed E-state index contributed by atoms with van der Waals surface area (Å²) < 4.78 is 5.32. The lowest BCUT2D eigenvalue weighted by atomic mass is 10.1. The van der Waals surface area contributed by atoms with Crippen LogP contribution in [0.5, 0.6) is 0 Å². The molecule has 3 unspecified atom stereocenters. The lowest BCUT2D eigenvalue weighted by Crippen LogP contribution is -2.39. The Labute approximate surface area is 156 Å². The minimum absolute atomic E-state index is 0.237. The molecular formula is C17H26N2O8. The number of carboxylic acids is 2. The number of hydrogen-bond donors (Lipinski definition) is 5. The van der Waals surface area contributed by atoms with Gasteiger partial charge in [-0.15, -0.1) is 0 Å². The van der Waals surface area contributed by atoms with Crippen molar-refractivity contribution in [1.82, 2.24) is 4.98 Å². The Kier molecular flexibility index (Phi) is 9.55. The number of nitrogens with two attached hydrogens (primary N) is 1. The van der Waals surface area contributed by atoms with E-state index >= 15 is 0 Å². The van der Waals surface area contributed by atoms with Gasteiger partial charge in [0.15, 0.2) is 12.2 Å². The van der Waals surface area contributed by atoms with E-state index in [2.05, 4.69) is 4.98 Å². The average Bonchev–Trinajstić information content (AvgIpc) is 2.58. The molecule has 10 nitrogen and oxygen atoms in total. The van der Waals surface area contributed by atoms with Crippen molar-refractivity contribution in [2.45, 2.75) is 58.0 Å². The normalized spacial score (nSPS) is 14.2. The second-order valence-corrected chi connectivity index (χ2v) is 6.52. The molecule has 0 bridgehead atoms. The molecule has 0 fully saturated rings. The van der Waals surface area contributed by atoms with E-state index in [0.717, 1.165) is 6.42 Å². The van der Waals surface area contributed by atoms with Gasteiger partial charge in [0.25, 0.3) is 0 Å². The predicted molar refractivity (Wildman–Crippen MR) is 93.9 cm³/mol. The van der Waals surface area contributed by atoms with Gasteiger partial charge in [0.2, 0.25) is 0 Å². The molecule has 0 amide bonds. The molecule has 27 heavy (non-hydrogen) atoms. The lowest BCUT2D eigenvalue weighted by molar-refractivity contribution is -0.165. The molecule has 3 atom stereocenters. The van der Waals surface area contributed by atoms with Crippen molar-refractivity contribution in [3.05, 3.63) is 29.6 Å². The zero-order valence-electron chi connectivity index (χ0n) is 15.6. The van der Waals surface area contributed by atoms with Gasteiger partial charge in [-0.25, -0.2) is 14.4 Å². The second kappa shape index (κ2) is 10.6. The standard InChI is InChI=1S/C13H20N2O2.C4H6O6/c1-5-10(14)11-9(7-6-8-15-11)12(16)17-13(2,3)4;5-1(3(7)8)2(6)4(9)10/h6-8,10H,5,14H2,1-4H3;1-2,5-6H,(H,7,8)(H,9,10). The number of carbonyl (C=O) groups is 3. The van der Waals surface area contributed by atoms with E-state index < -0.39 is 29.7 Å². The number of aliphatic carboxylic acids is 2. The quantitative estimate of drug-likeness (QED) is 0.427. The van der Waals surface area contributed by atoms with Crippen molar-refractivity contribution >= 4 is 17.9 Å². The Balaban J connectivity index is 0.000000580. The molecule has 0 spiro atoms. The summed E-state index contributed by atoms with van der Waals surface area (Å²) >= 11 is 0. The third kappa shape index (κ3) is 8.58. The highest BCUT2D eigenvalue weighted by atomic mass is 16.6. The number of aliphatic hydroxyl groups excluding tert-OH is 2. The van der Waals surface area contributed by atoms with Crippen molar-refractivity contribution in [3.8, 4) is 0 Å². The molecule has 6 N–H and O–H groups in total. The van der Waals surface area contributed by atoms with E-state index in [0.29, 0.717) is 11.3 Å². The first-order valence-electron chi connectivity index (χ1n) is 8.07. The van der Waals surface area contributed by atoms with Gasteiger partial charge in [-0.3, -0.25) is 4.98 Å². The lowest BCUT2D eigenvalue weighted by Gasteiger charge is -2.21. The van der Waals surface area contributed by atoms with E-state index in [-0.39, 0.29) is 12.0 Å². The number of esters is 1. The Morgan fingerprint density at radius 3 is 2.00 bits per heavy atom. The van der Waals surface area contributed by atoms with Crippen LogP contribution >= 0.6 is 0 Å². The minimum Gasteiger partial charge on any atom is -0.479 e. The molecule has 0 aliphatic carbocycles. The number of ether oxygens (including phenoxy) is 1. The number of rotatable bonds is 6. The van der Waals surface area contributed by atoms with Crippen LogP contribution in [0.1, 0.15) is 56.2 Å². The third-order valence-electron chi connectivity index (χ3n) is 3.05. The van der Waals surface area contributed by atoms with Crippen LogP contribution in [0.3, 0.4) is 0 Å². The summed E-state index contributed by atoms with van der Waals surface area (Å²) in [5.74, 6) is -3.91. The van der Waals surface area contributed by atoms with Crippen LogP contribution in [-0.4, -0.2) is 61.1 Å². The number of nitrogens with zero attached hydrogens (tertiary/aromatic N) is 1. The van der Waals surface area contributed by atoms with E-state index in [1.165, 1.54) is 0 Å². The summed E-state index contributed by atoms with van der Waals surface area (Å²) in [6, 6.07) is 3.18. The van der Waals surface area contributed by atoms with Gasteiger partial charge >= 0.3 is 17.9 Å². The van der Waals surface area contributed by atoms with E-state index in [1.54, 1.807) is 18.3 Å². The van der Waals surface area contributed by atoms with E-state index in [4.69, 9.17) is 30.9 Å². The minimum atomic E-state index is -2.27. The van der Waals surface area contributed by atoms with Crippen LogP contribution < -0.4 is 5.73 Å². The highest BCUT2D eigenvalue weighted by Gasteiger charge is 2.29. The largest absolute Gasteiger partial charge is 0.479 e. The Hall–Kier alpha value is -2.56. The smallest absolute Gasteiger partial charge is 0.340 e. The summed E-state index contributed by atoms with van der Waals surface area (Å²) in [7, 11) is 0. The van der Waals surface area contributed by atoms with Gasteiger partial charge in [0.1, 0.15) is 5.60 Å². The summed E-state index contributed by atoms with van der Waals surface area (Å²) in [6.45, 7) is 7.46. The predicted octanol–water partition coefficient (Wildman–Crippen LogP) is 0.324. The monoisotopic (exact) mass is 386 g/mol. The van der Waals surface area contributed by atoms with Crippen LogP contribution in [0.25, 0.3) is 0 Å². The number of carbonyl (C=O) groups excluding carboxylic acids is 1. The Morgan fingerprint density at radius 2 is 1.63 bits per heavy atom. The molecule has 0 saturated heterocycles. The fourth-order valence-corrected chi connectivity index (χ4v) is 1.68. The van der Waals surface area contributed by atoms with Gasteiger partial charge < -0.3 is 30.9 Å². The van der Waals surface area contributed by atoms with Gasteiger partial charge in [0.05, 0.1) is 11.3 Å². The van der Waals surface area contributed by atoms with Crippen LogP contribution in [0, 0.1) is 0 Å². The first-order chi connectivity index (χ1) is 12.3. The second-order valence-electron chi connectivity index (χ2n) is 6.52. The van der Waals surface area contributed by atoms with Crippen LogP contribution in [0.15, 0.2) is 18.3 Å². The van der Waals surface area contributed by atoms with Gasteiger partial charge in [0, 0.05) is 12.2 Å². The fraction of sp³-hybridized carbons (Fsp3) is 0.529. The summed E-state index contributed by atoms with van der Waals surface area (Å²) in [6.07, 6.45) is -2.17. The molecule has 0 aromatic carbocycles. The molecule has 10 heteroatoms. The van der Waals surface area contributed by atoms with Gasteiger partial charge in [-0.1, -0.05) is 6.92 Å². The van der Waals surface area contributed by atoms with Gasteiger partial charge in [-0.2, -0.15) is 0 Å². The molecule has 0 aliphatic heterocycles. The zero-order valence-corrected chi connectivity index (χ0v) is 15.6. The molecule has 1 heterocycles. The molecule has 1 aromatic heterocycles. The van der Waals surface area contributed by atoms with Crippen molar-refractivity contribution in [2.24, 2.45) is 5.73 Å². The topological polar surface area (TPSA) is 180 Å². The summed E-state index contributed by atoms with van der Waals surface area (Å²) in [5.41, 5.74) is 6.47. The maximum Gasteiger partial charge on any atom is 0.340 e. The van der Waals surface area contributed by atoms with Crippen molar-refractivity contribution in [1.29, 1.82) is 0 Å². The molecule has 0 aliphatic rings. The molecule has 1 rings (SSSR count). The molecule has 1 aromatic rings. The Morgan fingerprint density at radius 1 is 1.15 bits per heavy atom. The average molecular weight is 386 g/mol. The molecule has 0 radical (unpaired) electrons. The molecule has 0 saturated carbocycles. The van der Waals surface area contributed by atoms with Gasteiger partial charge in [-0.05, 0) is 39.3 Å². The number of pyridine rings is 1. The van der Waals surface area contributed by atoms with Crippen molar-refractivity contribution < 1.29 is 39.5 Å².